The SMILES string of the molecule is CSc1ccc(C(=O)O)c(C(=O)C(C)Cl)c1. The van der Waals surface area contributed by atoms with Crippen molar-refractivity contribution in [2.45, 2.75) is 17.2 Å². The molecule has 0 spiro atoms. The molecular formula is C11H11ClO3S. The van der Waals surface area contributed by atoms with Gasteiger partial charge < -0.3 is 5.11 Å². The van der Waals surface area contributed by atoms with Crippen molar-refractivity contribution >= 4 is 35.1 Å². The lowest BCUT2D eigenvalue weighted by atomic mass is 10.0. The number of ketones is 1. The highest BCUT2D eigenvalue weighted by molar-refractivity contribution is 7.98. The van der Waals surface area contributed by atoms with E-state index < -0.39 is 11.3 Å². The van der Waals surface area contributed by atoms with E-state index in [0.29, 0.717) is 0 Å². The average Bonchev–Trinajstić information content (AvgIpc) is 2.26. The maximum Gasteiger partial charge on any atom is 0.336 e. The van der Waals surface area contributed by atoms with E-state index in [-0.39, 0.29) is 16.9 Å². The second-order valence-corrected chi connectivity index (χ2v) is 4.73. The quantitative estimate of drug-likeness (QED) is 0.513. The van der Waals surface area contributed by atoms with E-state index in [1.807, 2.05) is 6.26 Å². The molecule has 1 rings (SSSR count). The monoisotopic (exact) mass is 258 g/mol. The maximum absolute atomic E-state index is 11.7. The van der Waals surface area contributed by atoms with Crippen LogP contribution in [0.5, 0.6) is 0 Å². The Morgan fingerprint density at radius 3 is 2.44 bits per heavy atom. The Morgan fingerprint density at radius 2 is 2.00 bits per heavy atom. The number of carbonyl (C=O) groups excluding carboxylic acids is 1. The lowest BCUT2D eigenvalue weighted by molar-refractivity contribution is 0.0692. The van der Waals surface area contributed by atoms with Gasteiger partial charge in [-0.3, -0.25) is 4.79 Å². The molecule has 1 unspecified atom stereocenters. The topological polar surface area (TPSA) is 54.4 Å². The zero-order valence-electron chi connectivity index (χ0n) is 8.86. The number of carboxylic acid groups (broad SMARTS) is 1. The van der Waals surface area contributed by atoms with Gasteiger partial charge in [0, 0.05) is 10.5 Å². The van der Waals surface area contributed by atoms with Crippen LogP contribution in [0.2, 0.25) is 0 Å². The molecule has 1 atom stereocenters. The summed E-state index contributed by atoms with van der Waals surface area (Å²) in [6.07, 6.45) is 1.86. The van der Waals surface area contributed by atoms with Crippen LogP contribution < -0.4 is 0 Å². The van der Waals surface area contributed by atoms with Gasteiger partial charge in [-0.15, -0.1) is 23.4 Å². The Bertz CT molecular complexity index is 429. The first-order chi connectivity index (χ1) is 7.47. The number of aromatic carboxylic acids is 1. The Labute approximate surface area is 103 Å². The van der Waals surface area contributed by atoms with Gasteiger partial charge in [0.05, 0.1) is 10.9 Å². The number of rotatable bonds is 4. The summed E-state index contributed by atoms with van der Waals surface area (Å²) in [5.74, 6) is -1.48. The van der Waals surface area contributed by atoms with Crippen molar-refractivity contribution < 1.29 is 14.7 Å². The van der Waals surface area contributed by atoms with Crippen LogP contribution in [0.1, 0.15) is 27.6 Å². The zero-order chi connectivity index (χ0) is 12.3. The standard InChI is InChI=1S/C11H11ClO3S/c1-6(12)10(13)9-5-7(16-2)3-4-8(9)11(14)15/h3-6H,1-2H3,(H,14,15). The van der Waals surface area contributed by atoms with Crippen molar-refractivity contribution in [1.29, 1.82) is 0 Å². The Morgan fingerprint density at radius 1 is 1.38 bits per heavy atom. The minimum Gasteiger partial charge on any atom is -0.478 e. The minimum absolute atomic E-state index is 0.00435. The number of carbonyl (C=O) groups is 2. The Balaban J connectivity index is 3.31. The van der Waals surface area contributed by atoms with Crippen molar-refractivity contribution in [3.8, 4) is 0 Å². The van der Waals surface area contributed by atoms with Crippen LogP contribution in [0, 0.1) is 0 Å². The molecule has 0 aliphatic heterocycles. The summed E-state index contributed by atoms with van der Waals surface area (Å²) in [7, 11) is 0. The molecule has 0 amide bonds. The highest BCUT2D eigenvalue weighted by atomic mass is 35.5. The molecule has 0 bridgehead atoms. The van der Waals surface area contributed by atoms with E-state index in [0.717, 1.165) is 4.90 Å². The van der Waals surface area contributed by atoms with Gasteiger partial charge >= 0.3 is 5.97 Å². The van der Waals surface area contributed by atoms with E-state index in [4.69, 9.17) is 16.7 Å². The molecule has 3 nitrogen and oxygen atoms in total. The third-order valence-corrected chi connectivity index (χ3v) is 3.01. The van der Waals surface area contributed by atoms with Gasteiger partial charge in [0.1, 0.15) is 0 Å². The molecular weight excluding hydrogens is 248 g/mol. The van der Waals surface area contributed by atoms with Gasteiger partial charge in [-0.2, -0.15) is 0 Å². The first-order valence-corrected chi connectivity index (χ1v) is 6.23. The predicted octanol–water partition coefficient (Wildman–Crippen LogP) is 2.92. The van der Waals surface area contributed by atoms with E-state index in [2.05, 4.69) is 0 Å². The lowest BCUT2D eigenvalue weighted by Gasteiger charge is -2.08. The summed E-state index contributed by atoms with van der Waals surface area (Å²) in [6.45, 7) is 1.53. The van der Waals surface area contributed by atoms with Crippen LogP contribution in [-0.4, -0.2) is 28.5 Å². The van der Waals surface area contributed by atoms with Crippen molar-refractivity contribution in [3.05, 3.63) is 29.3 Å². The third kappa shape index (κ3) is 2.77. The Hall–Kier alpha value is -1.000. The number of hydrogen-bond acceptors (Lipinski definition) is 3. The average molecular weight is 259 g/mol. The van der Waals surface area contributed by atoms with Crippen LogP contribution >= 0.6 is 23.4 Å². The van der Waals surface area contributed by atoms with Crippen LogP contribution in [0.3, 0.4) is 0 Å². The number of thioether (sulfide) groups is 1. The highest BCUT2D eigenvalue weighted by Crippen LogP contribution is 2.21. The van der Waals surface area contributed by atoms with Crippen molar-refractivity contribution in [1.82, 2.24) is 0 Å². The fourth-order valence-electron chi connectivity index (χ4n) is 1.25. The largest absolute Gasteiger partial charge is 0.478 e. The van der Waals surface area contributed by atoms with Crippen LogP contribution in [0.4, 0.5) is 0 Å². The first-order valence-electron chi connectivity index (χ1n) is 4.57. The van der Waals surface area contributed by atoms with E-state index in [9.17, 15) is 9.59 Å². The molecule has 0 aliphatic carbocycles. The van der Waals surface area contributed by atoms with Crippen LogP contribution in [0.15, 0.2) is 23.1 Å². The van der Waals surface area contributed by atoms with Crippen LogP contribution in [-0.2, 0) is 0 Å². The minimum atomic E-state index is -1.12. The van der Waals surface area contributed by atoms with Gasteiger partial charge in [0.2, 0.25) is 0 Å². The Kier molecular flexibility index (Phi) is 4.38. The van der Waals surface area contributed by atoms with Gasteiger partial charge in [-0.05, 0) is 31.4 Å². The first kappa shape index (κ1) is 13.1. The van der Waals surface area contributed by atoms with Crippen molar-refractivity contribution in [2.24, 2.45) is 0 Å². The van der Waals surface area contributed by atoms with Crippen molar-refractivity contribution in [3.63, 3.8) is 0 Å². The van der Waals surface area contributed by atoms with Gasteiger partial charge in [0.15, 0.2) is 5.78 Å². The number of halogens is 1. The van der Waals surface area contributed by atoms with E-state index >= 15 is 0 Å². The molecule has 0 aromatic heterocycles. The molecule has 0 aliphatic rings. The molecule has 1 aromatic carbocycles. The number of Topliss-reactive ketones (excluding diaryl/α,β-unsaturated/α-hetero) is 1. The smallest absolute Gasteiger partial charge is 0.336 e. The maximum atomic E-state index is 11.7. The second kappa shape index (κ2) is 5.37. The molecule has 1 N–H and O–H groups in total. The van der Waals surface area contributed by atoms with Gasteiger partial charge in [-0.1, -0.05) is 0 Å². The number of carboxylic acids is 1. The summed E-state index contributed by atoms with van der Waals surface area (Å²) in [5, 5.41) is 8.23. The lowest BCUT2D eigenvalue weighted by Crippen LogP contribution is -2.15. The normalized spacial score (nSPS) is 12.2. The number of hydrogen-bond donors (Lipinski definition) is 1. The molecule has 0 saturated heterocycles. The summed E-state index contributed by atoms with van der Waals surface area (Å²) in [4.78, 5) is 23.5. The fraction of sp³-hybridized carbons (Fsp3) is 0.273. The molecule has 0 saturated carbocycles. The molecule has 5 heteroatoms. The summed E-state index contributed by atoms with van der Waals surface area (Å²) in [6, 6.07) is 4.67. The molecule has 0 heterocycles. The number of alkyl halides is 1. The summed E-state index contributed by atoms with van der Waals surface area (Å²) < 4.78 is 0. The molecule has 0 fully saturated rings. The van der Waals surface area contributed by atoms with E-state index in [1.54, 1.807) is 12.1 Å². The number of benzene rings is 1. The molecule has 0 radical (unpaired) electrons. The molecule has 86 valence electrons. The molecule has 16 heavy (non-hydrogen) atoms. The summed E-state index contributed by atoms with van der Waals surface area (Å²) >= 11 is 7.13. The summed E-state index contributed by atoms with van der Waals surface area (Å²) in [5.41, 5.74) is 0.164. The fourth-order valence-corrected chi connectivity index (χ4v) is 1.81. The highest BCUT2D eigenvalue weighted by Gasteiger charge is 2.20. The van der Waals surface area contributed by atoms with Crippen LogP contribution in [0.25, 0.3) is 0 Å². The second-order valence-electron chi connectivity index (χ2n) is 3.20. The van der Waals surface area contributed by atoms with Crippen molar-refractivity contribution in [2.75, 3.05) is 6.26 Å². The predicted molar refractivity (Wildman–Crippen MR) is 64.8 cm³/mol. The third-order valence-electron chi connectivity index (χ3n) is 2.08. The van der Waals surface area contributed by atoms with Gasteiger partial charge in [0.25, 0.3) is 0 Å². The van der Waals surface area contributed by atoms with E-state index in [1.165, 1.54) is 24.8 Å². The molecule has 1 aromatic rings. The van der Waals surface area contributed by atoms with Gasteiger partial charge in [-0.25, -0.2) is 4.79 Å². The zero-order valence-corrected chi connectivity index (χ0v) is 10.4.